The van der Waals surface area contributed by atoms with Crippen molar-refractivity contribution in [1.29, 1.82) is 5.26 Å². The number of benzene rings is 1. The summed E-state index contributed by atoms with van der Waals surface area (Å²) < 4.78 is 25.8. The first kappa shape index (κ1) is 21.6. The molecule has 1 aromatic rings. The average Bonchev–Trinajstić information content (AvgIpc) is 2.71. The molecule has 0 saturated heterocycles. The van der Waals surface area contributed by atoms with E-state index in [9.17, 15) is 9.59 Å². The summed E-state index contributed by atoms with van der Waals surface area (Å²) in [6, 6.07) is 8.94. The lowest BCUT2D eigenvalue weighted by Gasteiger charge is -2.30. The highest BCUT2D eigenvalue weighted by molar-refractivity contribution is 5.65. The van der Waals surface area contributed by atoms with Crippen LogP contribution in [0.25, 0.3) is 0 Å². The third-order valence-corrected chi connectivity index (χ3v) is 4.08. The lowest BCUT2D eigenvalue weighted by Crippen LogP contribution is -2.29. The van der Waals surface area contributed by atoms with Gasteiger partial charge in [0.15, 0.2) is 0 Å². The van der Waals surface area contributed by atoms with Crippen molar-refractivity contribution < 1.29 is 33.3 Å². The Hall–Kier alpha value is -3.67. The molecule has 0 aliphatic carbocycles. The SMILES string of the molecule is COC(=O)OC1=C(C)NC(C)=C(OC(=O)OCCC#N)C1c1ccccc1OC. The van der Waals surface area contributed by atoms with Crippen molar-refractivity contribution in [3.8, 4) is 11.8 Å². The zero-order valence-corrected chi connectivity index (χ0v) is 16.6. The molecule has 1 aliphatic heterocycles. The molecule has 1 aliphatic rings. The van der Waals surface area contributed by atoms with Crippen molar-refractivity contribution in [1.82, 2.24) is 5.32 Å². The number of rotatable bonds is 6. The molecule has 0 radical (unpaired) electrons. The van der Waals surface area contributed by atoms with Gasteiger partial charge in [-0.2, -0.15) is 5.26 Å². The lowest BCUT2D eigenvalue weighted by molar-refractivity contribution is 0.0675. The molecule has 1 atom stereocenters. The van der Waals surface area contributed by atoms with Crippen molar-refractivity contribution in [3.05, 3.63) is 52.7 Å². The molecule has 154 valence electrons. The van der Waals surface area contributed by atoms with Crippen molar-refractivity contribution in [3.63, 3.8) is 0 Å². The Morgan fingerprint density at radius 1 is 1.07 bits per heavy atom. The number of methoxy groups -OCH3 is 2. The molecule has 0 fully saturated rings. The first-order chi connectivity index (χ1) is 13.9. The summed E-state index contributed by atoms with van der Waals surface area (Å²) in [7, 11) is 2.70. The van der Waals surface area contributed by atoms with E-state index >= 15 is 0 Å². The van der Waals surface area contributed by atoms with Crippen molar-refractivity contribution in [2.45, 2.75) is 26.2 Å². The molecule has 29 heavy (non-hydrogen) atoms. The molecule has 2 rings (SSSR count). The molecule has 1 heterocycles. The summed E-state index contributed by atoms with van der Waals surface area (Å²) in [5, 5.41) is 11.6. The van der Waals surface area contributed by atoms with E-state index < -0.39 is 18.2 Å². The number of dihydropyridines is 1. The van der Waals surface area contributed by atoms with E-state index in [2.05, 4.69) is 10.1 Å². The molecule has 0 saturated carbocycles. The molecule has 1 unspecified atom stereocenters. The van der Waals surface area contributed by atoms with Gasteiger partial charge in [-0.3, -0.25) is 0 Å². The first-order valence-corrected chi connectivity index (χ1v) is 8.71. The van der Waals surface area contributed by atoms with Crippen LogP contribution in [0.3, 0.4) is 0 Å². The average molecular weight is 402 g/mol. The number of carbonyl (C=O) groups excluding carboxylic acids is 2. The second-order valence-corrected chi connectivity index (χ2v) is 5.94. The van der Waals surface area contributed by atoms with Crippen LogP contribution in [-0.4, -0.2) is 33.1 Å². The number of nitrogens with one attached hydrogen (secondary N) is 1. The first-order valence-electron chi connectivity index (χ1n) is 8.71. The minimum atomic E-state index is -0.978. The fourth-order valence-electron chi connectivity index (χ4n) is 2.85. The Bertz CT molecular complexity index is 883. The third-order valence-electron chi connectivity index (χ3n) is 4.08. The molecule has 0 spiro atoms. The molecule has 0 amide bonds. The maximum Gasteiger partial charge on any atom is 0.513 e. The van der Waals surface area contributed by atoms with Crippen molar-refractivity contribution >= 4 is 12.3 Å². The minimum Gasteiger partial charge on any atom is -0.496 e. The van der Waals surface area contributed by atoms with Crippen LogP contribution in [0, 0.1) is 11.3 Å². The highest BCUT2D eigenvalue weighted by Crippen LogP contribution is 2.42. The van der Waals surface area contributed by atoms with Gasteiger partial charge in [-0.05, 0) is 19.9 Å². The predicted molar refractivity (Wildman–Crippen MR) is 100 cm³/mol. The Labute approximate surface area is 168 Å². The minimum absolute atomic E-state index is 0.0387. The summed E-state index contributed by atoms with van der Waals surface area (Å²) in [5.41, 5.74) is 1.66. The summed E-state index contributed by atoms with van der Waals surface area (Å²) >= 11 is 0. The van der Waals surface area contributed by atoms with E-state index in [1.807, 2.05) is 6.07 Å². The van der Waals surface area contributed by atoms with Crippen LogP contribution in [0.4, 0.5) is 9.59 Å². The number of carbonyl (C=O) groups is 2. The van der Waals surface area contributed by atoms with Crippen LogP contribution < -0.4 is 10.1 Å². The van der Waals surface area contributed by atoms with E-state index in [0.717, 1.165) is 0 Å². The number of hydrogen-bond donors (Lipinski definition) is 1. The van der Waals surface area contributed by atoms with Gasteiger partial charge in [0.2, 0.25) is 0 Å². The summed E-state index contributed by atoms with van der Waals surface area (Å²) in [6.07, 6.45) is -1.86. The quantitative estimate of drug-likeness (QED) is 0.561. The van der Waals surface area contributed by atoms with Gasteiger partial charge in [0.1, 0.15) is 29.8 Å². The second-order valence-electron chi connectivity index (χ2n) is 5.94. The van der Waals surface area contributed by atoms with Gasteiger partial charge in [0.25, 0.3) is 0 Å². The Balaban J connectivity index is 2.48. The standard InChI is InChI=1S/C20H22N2O7/c1-12-17(28-19(23)26-4)16(14-8-5-6-9-15(14)25-3)18(13(2)22-12)29-20(24)27-11-7-10-21/h5-6,8-9,16,22H,7,11H2,1-4H3. The summed E-state index contributed by atoms with van der Waals surface area (Å²) in [4.78, 5) is 24.0. The summed E-state index contributed by atoms with van der Waals surface area (Å²) in [6.45, 7) is 3.32. The molecule has 0 aromatic heterocycles. The van der Waals surface area contributed by atoms with Crippen LogP contribution in [0.15, 0.2) is 47.2 Å². The monoisotopic (exact) mass is 402 g/mol. The van der Waals surface area contributed by atoms with Crippen molar-refractivity contribution in [2.24, 2.45) is 0 Å². The van der Waals surface area contributed by atoms with Crippen LogP contribution in [0.5, 0.6) is 5.75 Å². The highest BCUT2D eigenvalue weighted by Gasteiger charge is 2.37. The molecule has 9 nitrogen and oxygen atoms in total. The van der Waals surface area contributed by atoms with Crippen LogP contribution in [-0.2, 0) is 18.9 Å². The van der Waals surface area contributed by atoms with Crippen LogP contribution in [0.1, 0.15) is 31.7 Å². The normalized spacial score (nSPS) is 15.8. The van der Waals surface area contributed by atoms with E-state index in [-0.39, 0.29) is 24.5 Å². The van der Waals surface area contributed by atoms with Gasteiger partial charge in [-0.1, -0.05) is 18.2 Å². The number of nitriles is 1. The maximum absolute atomic E-state index is 12.1. The predicted octanol–water partition coefficient (Wildman–Crippen LogP) is 3.69. The molecular weight excluding hydrogens is 380 g/mol. The third kappa shape index (κ3) is 5.19. The second kappa shape index (κ2) is 10.0. The lowest BCUT2D eigenvalue weighted by atomic mass is 9.90. The van der Waals surface area contributed by atoms with Gasteiger partial charge in [-0.15, -0.1) is 0 Å². The zero-order valence-electron chi connectivity index (χ0n) is 16.6. The number of hydrogen-bond acceptors (Lipinski definition) is 9. The zero-order chi connectivity index (χ0) is 21.4. The van der Waals surface area contributed by atoms with Crippen LogP contribution >= 0.6 is 0 Å². The summed E-state index contributed by atoms with van der Waals surface area (Å²) in [5.74, 6) is 0.0765. The Morgan fingerprint density at radius 2 is 1.69 bits per heavy atom. The maximum atomic E-state index is 12.1. The number of nitrogens with zero attached hydrogens (tertiary/aromatic N) is 1. The largest absolute Gasteiger partial charge is 0.513 e. The van der Waals surface area contributed by atoms with Crippen LogP contribution in [0.2, 0.25) is 0 Å². The van der Waals surface area contributed by atoms with E-state index in [0.29, 0.717) is 22.7 Å². The fourth-order valence-corrected chi connectivity index (χ4v) is 2.85. The van der Waals surface area contributed by atoms with Gasteiger partial charge in [-0.25, -0.2) is 9.59 Å². The Kier molecular flexibility index (Phi) is 7.48. The van der Waals surface area contributed by atoms with Gasteiger partial charge in [0.05, 0.1) is 38.1 Å². The van der Waals surface area contributed by atoms with Gasteiger partial charge in [0, 0.05) is 5.56 Å². The topological polar surface area (TPSA) is 116 Å². The smallest absolute Gasteiger partial charge is 0.496 e. The van der Waals surface area contributed by atoms with E-state index in [1.165, 1.54) is 14.2 Å². The molecular formula is C20H22N2O7. The fraction of sp³-hybridized carbons (Fsp3) is 0.350. The molecule has 1 aromatic carbocycles. The Morgan fingerprint density at radius 3 is 2.28 bits per heavy atom. The van der Waals surface area contributed by atoms with Crippen molar-refractivity contribution in [2.75, 3.05) is 20.8 Å². The number of allylic oxidation sites excluding steroid dienone is 2. The van der Waals surface area contributed by atoms with E-state index in [4.69, 9.17) is 24.2 Å². The van der Waals surface area contributed by atoms with Gasteiger partial charge < -0.3 is 29.0 Å². The molecule has 1 N–H and O–H groups in total. The highest BCUT2D eigenvalue weighted by atomic mass is 16.7. The number of ether oxygens (including phenoxy) is 5. The molecule has 9 heteroatoms. The van der Waals surface area contributed by atoms with Gasteiger partial charge >= 0.3 is 12.3 Å². The number of para-hydroxylation sites is 1. The van der Waals surface area contributed by atoms with E-state index in [1.54, 1.807) is 38.1 Å². The molecule has 0 bridgehead atoms.